The highest BCUT2D eigenvalue weighted by atomic mass is 16.6. The van der Waals surface area contributed by atoms with Crippen molar-refractivity contribution in [3.63, 3.8) is 0 Å². The number of para-hydroxylation sites is 2. The lowest BCUT2D eigenvalue weighted by Gasteiger charge is -2.36. The summed E-state index contributed by atoms with van der Waals surface area (Å²) in [5, 5.41) is 12.5. The van der Waals surface area contributed by atoms with Gasteiger partial charge in [0.25, 0.3) is 5.91 Å². The molecule has 1 aliphatic heterocycles. The standard InChI is InChI=1S/C16H23NO4/c1-4-16(5-2,10-18)17-15(19)14-11(3)20-12-8-6-7-9-13(12)21-14/h6-9,11,14,18H,4-5,10H2,1-3H3,(H,17,19). The lowest BCUT2D eigenvalue weighted by molar-refractivity contribution is -0.136. The van der Waals surface area contributed by atoms with E-state index in [2.05, 4.69) is 5.32 Å². The Morgan fingerprint density at radius 1 is 1.24 bits per heavy atom. The van der Waals surface area contributed by atoms with Gasteiger partial charge < -0.3 is 19.9 Å². The third-order valence-electron chi connectivity index (χ3n) is 4.15. The van der Waals surface area contributed by atoms with E-state index in [0.717, 1.165) is 0 Å². The van der Waals surface area contributed by atoms with Gasteiger partial charge in [-0.15, -0.1) is 0 Å². The maximum atomic E-state index is 12.5. The largest absolute Gasteiger partial charge is 0.482 e. The van der Waals surface area contributed by atoms with E-state index in [4.69, 9.17) is 9.47 Å². The van der Waals surface area contributed by atoms with Crippen LogP contribution in [-0.4, -0.2) is 35.4 Å². The Balaban J connectivity index is 2.13. The summed E-state index contributed by atoms with van der Waals surface area (Å²) in [6, 6.07) is 7.29. The molecule has 0 fully saturated rings. The second-order valence-corrected chi connectivity index (χ2v) is 5.44. The molecule has 2 unspecified atom stereocenters. The van der Waals surface area contributed by atoms with Crippen LogP contribution in [0.5, 0.6) is 11.5 Å². The molecule has 0 bridgehead atoms. The first kappa shape index (κ1) is 15.6. The Morgan fingerprint density at radius 3 is 2.33 bits per heavy atom. The monoisotopic (exact) mass is 293 g/mol. The van der Waals surface area contributed by atoms with Gasteiger partial charge in [-0.25, -0.2) is 0 Å². The predicted molar refractivity (Wildman–Crippen MR) is 79.5 cm³/mol. The van der Waals surface area contributed by atoms with E-state index in [1.807, 2.05) is 32.0 Å². The number of aliphatic hydroxyl groups excluding tert-OH is 1. The minimum atomic E-state index is -0.719. The Bertz CT molecular complexity index is 491. The fourth-order valence-electron chi connectivity index (χ4n) is 2.43. The van der Waals surface area contributed by atoms with Crippen molar-refractivity contribution < 1.29 is 19.4 Å². The molecule has 1 aromatic rings. The summed E-state index contributed by atoms with van der Waals surface area (Å²) in [4.78, 5) is 12.5. The smallest absolute Gasteiger partial charge is 0.265 e. The molecule has 5 heteroatoms. The second kappa shape index (κ2) is 6.35. The van der Waals surface area contributed by atoms with E-state index in [0.29, 0.717) is 24.3 Å². The first-order valence-electron chi connectivity index (χ1n) is 7.40. The summed E-state index contributed by atoms with van der Waals surface area (Å²) in [7, 11) is 0. The van der Waals surface area contributed by atoms with Crippen LogP contribution in [0.4, 0.5) is 0 Å². The fourth-order valence-corrected chi connectivity index (χ4v) is 2.43. The van der Waals surface area contributed by atoms with Gasteiger partial charge in [0.1, 0.15) is 6.10 Å². The molecular formula is C16H23NO4. The normalized spacial score (nSPS) is 21.0. The molecule has 1 heterocycles. The van der Waals surface area contributed by atoms with Crippen LogP contribution in [0, 0.1) is 0 Å². The van der Waals surface area contributed by atoms with E-state index in [1.165, 1.54) is 0 Å². The van der Waals surface area contributed by atoms with Crippen molar-refractivity contribution in [1.82, 2.24) is 5.32 Å². The molecule has 2 atom stereocenters. The molecule has 0 aliphatic carbocycles. The number of carbonyl (C=O) groups excluding carboxylic acids is 1. The maximum absolute atomic E-state index is 12.5. The summed E-state index contributed by atoms with van der Waals surface area (Å²) in [5.41, 5.74) is -0.600. The number of ether oxygens (including phenoxy) is 2. The van der Waals surface area contributed by atoms with Crippen molar-refractivity contribution in [2.45, 2.75) is 51.4 Å². The van der Waals surface area contributed by atoms with Crippen molar-refractivity contribution in [2.75, 3.05) is 6.61 Å². The first-order chi connectivity index (χ1) is 10.0. The van der Waals surface area contributed by atoms with Crippen LogP contribution in [0.15, 0.2) is 24.3 Å². The fraction of sp³-hybridized carbons (Fsp3) is 0.562. The third-order valence-corrected chi connectivity index (χ3v) is 4.15. The molecule has 5 nitrogen and oxygen atoms in total. The average Bonchev–Trinajstić information content (AvgIpc) is 2.52. The van der Waals surface area contributed by atoms with Crippen molar-refractivity contribution in [2.24, 2.45) is 0 Å². The number of carbonyl (C=O) groups is 1. The van der Waals surface area contributed by atoms with Crippen LogP contribution in [0.3, 0.4) is 0 Å². The molecule has 2 rings (SSSR count). The lowest BCUT2D eigenvalue weighted by Crippen LogP contribution is -2.57. The zero-order valence-corrected chi connectivity index (χ0v) is 12.8. The van der Waals surface area contributed by atoms with Crippen LogP contribution < -0.4 is 14.8 Å². The Labute approximate surface area is 125 Å². The van der Waals surface area contributed by atoms with E-state index in [1.54, 1.807) is 13.0 Å². The van der Waals surface area contributed by atoms with Gasteiger partial charge in [-0.2, -0.15) is 0 Å². The van der Waals surface area contributed by atoms with Gasteiger partial charge in [-0.1, -0.05) is 26.0 Å². The molecule has 0 saturated carbocycles. The molecule has 1 aliphatic rings. The number of fused-ring (bicyclic) bond motifs is 1. The van der Waals surface area contributed by atoms with Gasteiger partial charge >= 0.3 is 0 Å². The molecular weight excluding hydrogens is 270 g/mol. The summed E-state index contributed by atoms with van der Waals surface area (Å²) >= 11 is 0. The van der Waals surface area contributed by atoms with E-state index >= 15 is 0 Å². The number of benzene rings is 1. The Hall–Kier alpha value is -1.75. The van der Waals surface area contributed by atoms with Crippen molar-refractivity contribution in [3.8, 4) is 11.5 Å². The number of hydrogen-bond donors (Lipinski definition) is 2. The Morgan fingerprint density at radius 2 is 1.81 bits per heavy atom. The zero-order valence-electron chi connectivity index (χ0n) is 12.8. The summed E-state index contributed by atoms with van der Waals surface area (Å²) in [6.07, 6.45) is 0.211. The van der Waals surface area contributed by atoms with E-state index in [-0.39, 0.29) is 18.6 Å². The van der Waals surface area contributed by atoms with Crippen molar-refractivity contribution >= 4 is 5.91 Å². The number of amides is 1. The minimum Gasteiger partial charge on any atom is -0.482 e. The Kier molecular flexibility index (Phi) is 4.73. The number of rotatable bonds is 5. The lowest BCUT2D eigenvalue weighted by atomic mass is 9.93. The zero-order chi connectivity index (χ0) is 15.5. The van der Waals surface area contributed by atoms with Gasteiger partial charge in [-0.05, 0) is 31.9 Å². The van der Waals surface area contributed by atoms with Crippen LogP contribution in [0.25, 0.3) is 0 Å². The van der Waals surface area contributed by atoms with Crippen LogP contribution in [-0.2, 0) is 4.79 Å². The topological polar surface area (TPSA) is 67.8 Å². The maximum Gasteiger partial charge on any atom is 0.265 e. The number of nitrogens with one attached hydrogen (secondary N) is 1. The summed E-state index contributed by atoms with van der Waals surface area (Å²) in [6.45, 7) is 5.59. The highest BCUT2D eigenvalue weighted by Gasteiger charge is 2.37. The van der Waals surface area contributed by atoms with Crippen molar-refractivity contribution in [3.05, 3.63) is 24.3 Å². The number of aliphatic hydroxyl groups is 1. The third kappa shape index (κ3) is 3.13. The van der Waals surface area contributed by atoms with Crippen LogP contribution in [0.2, 0.25) is 0 Å². The van der Waals surface area contributed by atoms with Gasteiger partial charge in [0, 0.05) is 0 Å². The SMILES string of the molecule is CCC(CC)(CO)NC(=O)C1Oc2ccccc2OC1C. The van der Waals surface area contributed by atoms with Gasteiger partial charge in [0.05, 0.1) is 12.1 Å². The molecule has 0 spiro atoms. The molecule has 116 valence electrons. The summed E-state index contributed by atoms with van der Waals surface area (Å²) < 4.78 is 11.5. The molecule has 0 radical (unpaired) electrons. The van der Waals surface area contributed by atoms with Crippen LogP contribution >= 0.6 is 0 Å². The molecule has 1 amide bonds. The quantitative estimate of drug-likeness (QED) is 0.870. The van der Waals surface area contributed by atoms with Gasteiger partial charge in [-0.3, -0.25) is 4.79 Å². The number of hydrogen-bond acceptors (Lipinski definition) is 4. The molecule has 21 heavy (non-hydrogen) atoms. The van der Waals surface area contributed by atoms with Crippen LogP contribution in [0.1, 0.15) is 33.6 Å². The molecule has 0 saturated heterocycles. The molecule has 1 aromatic carbocycles. The van der Waals surface area contributed by atoms with E-state index < -0.39 is 11.6 Å². The molecule has 0 aromatic heterocycles. The first-order valence-corrected chi connectivity index (χ1v) is 7.40. The summed E-state index contributed by atoms with van der Waals surface area (Å²) in [5.74, 6) is 0.960. The van der Waals surface area contributed by atoms with E-state index in [9.17, 15) is 9.90 Å². The minimum absolute atomic E-state index is 0.0930. The average molecular weight is 293 g/mol. The second-order valence-electron chi connectivity index (χ2n) is 5.44. The molecule has 2 N–H and O–H groups in total. The highest BCUT2D eigenvalue weighted by molar-refractivity contribution is 5.83. The highest BCUT2D eigenvalue weighted by Crippen LogP contribution is 2.33. The van der Waals surface area contributed by atoms with Crippen molar-refractivity contribution in [1.29, 1.82) is 0 Å². The van der Waals surface area contributed by atoms with Gasteiger partial charge in [0.2, 0.25) is 6.10 Å². The van der Waals surface area contributed by atoms with Gasteiger partial charge in [0.15, 0.2) is 11.5 Å². The predicted octanol–water partition coefficient (Wildman–Crippen LogP) is 1.88.